The molecule has 0 aliphatic rings. The minimum Gasteiger partial charge on any atom is -0.496 e. The van der Waals surface area contributed by atoms with E-state index >= 15 is 0 Å². The van der Waals surface area contributed by atoms with Crippen LogP contribution in [0.4, 0.5) is 11.4 Å². The van der Waals surface area contributed by atoms with Crippen LogP contribution in [-0.4, -0.2) is 18.2 Å². The van der Waals surface area contributed by atoms with Crippen LogP contribution in [0.3, 0.4) is 0 Å². The Bertz CT molecular complexity index is 418. The highest BCUT2D eigenvalue weighted by Gasteiger charge is 2.14. The van der Waals surface area contributed by atoms with Gasteiger partial charge in [-0.1, -0.05) is 13.3 Å². The summed E-state index contributed by atoms with van der Waals surface area (Å²) in [6.07, 6.45) is 3.50. The van der Waals surface area contributed by atoms with Gasteiger partial charge in [0.15, 0.2) is 0 Å². The lowest BCUT2D eigenvalue weighted by Gasteiger charge is -2.04. The van der Waals surface area contributed by atoms with Crippen molar-refractivity contribution in [3.8, 4) is 5.75 Å². The number of rotatable bonds is 6. The summed E-state index contributed by atoms with van der Waals surface area (Å²) in [5.74, 6) is 0.444. The molecule has 0 aliphatic heterocycles. The summed E-state index contributed by atoms with van der Waals surface area (Å²) in [7, 11) is 1.46. The molecule has 0 aromatic heterocycles. The van der Waals surface area contributed by atoms with E-state index in [-0.39, 0.29) is 5.69 Å². The van der Waals surface area contributed by atoms with Gasteiger partial charge >= 0.3 is 0 Å². The standard InChI is InChI=1S/C11H15N3O3/c1-3-4-7-12-13-10-6-5-9(17-2)8-11(10)14(15)16/h5-8,13H,3-4H2,1-2H3/b12-7+. The van der Waals surface area contributed by atoms with Crippen molar-refractivity contribution in [2.45, 2.75) is 19.8 Å². The predicted octanol–water partition coefficient (Wildman–Crippen LogP) is 2.80. The zero-order valence-corrected chi connectivity index (χ0v) is 9.84. The van der Waals surface area contributed by atoms with E-state index in [1.54, 1.807) is 18.3 Å². The normalized spacial score (nSPS) is 10.5. The number of nitro groups is 1. The van der Waals surface area contributed by atoms with Gasteiger partial charge in [-0.05, 0) is 18.6 Å². The SMILES string of the molecule is CCC/C=N/Nc1ccc(OC)cc1[N+](=O)[O-]. The maximum atomic E-state index is 10.8. The number of hydrazone groups is 1. The van der Waals surface area contributed by atoms with Gasteiger partial charge in [-0.3, -0.25) is 15.5 Å². The number of anilines is 1. The van der Waals surface area contributed by atoms with Crippen molar-refractivity contribution in [3.63, 3.8) is 0 Å². The number of ether oxygens (including phenoxy) is 1. The van der Waals surface area contributed by atoms with E-state index in [1.165, 1.54) is 13.2 Å². The van der Waals surface area contributed by atoms with Gasteiger partial charge in [0, 0.05) is 6.21 Å². The molecule has 1 rings (SSSR count). The number of hydrogen-bond acceptors (Lipinski definition) is 5. The third-order valence-corrected chi connectivity index (χ3v) is 2.10. The van der Waals surface area contributed by atoms with E-state index in [0.29, 0.717) is 11.4 Å². The Kier molecular flexibility index (Phi) is 4.93. The van der Waals surface area contributed by atoms with Gasteiger partial charge in [0.25, 0.3) is 5.69 Å². The van der Waals surface area contributed by atoms with Crippen molar-refractivity contribution in [2.24, 2.45) is 5.10 Å². The fourth-order valence-corrected chi connectivity index (χ4v) is 1.19. The smallest absolute Gasteiger partial charge is 0.297 e. The molecule has 0 fully saturated rings. The maximum absolute atomic E-state index is 10.8. The van der Waals surface area contributed by atoms with Crippen molar-refractivity contribution in [1.29, 1.82) is 0 Å². The van der Waals surface area contributed by atoms with Crippen LogP contribution >= 0.6 is 0 Å². The Hall–Kier alpha value is -2.11. The first-order valence-electron chi connectivity index (χ1n) is 5.29. The molecule has 0 amide bonds. The number of nitro benzene ring substituents is 1. The summed E-state index contributed by atoms with van der Waals surface area (Å²) in [6.45, 7) is 2.03. The highest BCUT2D eigenvalue weighted by atomic mass is 16.6. The van der Waals surface area contributed by atoms with Gasteiger partial charge in [0.05, 0.1) is 18.1 Å². The van der Waals surface area contributed by atoms with Crippen LogP contribution in [0.1, 0.15) is 19.8 Å². The summed E-state index contributed by atoms with van der Waals surface area (Å²) >= 11 is 0. The van der Waals surface area contributed by atoms with Crippen LogP contribution in [-0.2, 0) is 0 Å². The van der Waals surface area contributed by atoms with E-state index in [4.69, 9.17) is 4.74 Å². The second-order valence-electron chi connectivity index (χ2n) is 3.35. The third-order valence-electron chi connectivity index (χ3n) is 2.10. The van der Waals surface area contributed by atoms with E-state index in [2.05, 4.69) is 10.5 Å². The monoisotopic (exact) mass is 237 g/mol. The summed E-state index contributed by atoms with van der Waals surface area (Å²) < 4.78 is 4.93. The van der Waals surface area contributed by atoms with E-state index in [0.717, 1.165) is 12.8 Å². The Labute approximate surface area is 99.4 Å². The molecule has 1 N–H and O–H groups in total. The summed E-state index contributed by atoms with van der Waals surface area (Å²) in [5.41, 5.74) is 2.95. The lowest BCUT2D eigenvalue weighted by molar-refractivity contribution is -0.384. The molecule has 0 saturated carbocycles. The quantitative estimate of drug-likeness (QED) is 0.469. The van der Waals surface area contributed by atoms with Crippen LogP contribution < -0.4 is 10.2 Å². The fraction of sp³-hybridized carbons (Fsp3) is 0.364. The van der Waals surface area contributed by atoms with Gasteiger partial charge in [0.2, 0.25) is 0 Å². The Balaban J connectivity index is 2.87. The Morgan fingerprint density at radius 2 is 2.35 bits per heavy atom. The molecule has 1 aromatic carbocycles. The highest BCUT2D eigenvalue weighted by Crippen LogP contribution is 2.28. The van der Waals surface area contributed by atoms with Crippen LogP contribution in [0.15, 0.2) is 23.3 Å². The summed E-state index contributed by atoms with van der Waals surface area (Å²) in [5, 5.41) is 14.7. The number of hydrogen-bond donors (Lipinski definition) is 1. The largest absolute Gasteiger partial charge is 0.496 e. The second-order valence-corrected chi connectivity index (χ2v) is 3.35. The van der Waals surface area contributed by atoms with Crippen molar-refractivity contribution >= 4 is 17.6 Å². The highest BCUT2D eigenvalue weighted by molar-refractivity contribution is 5.66. The van der Waals surface area contributed by atoms with Gasteiger partial charge in [-0.25, -0.2) is 0 Å². The number of methoxy groups -OCH3 is 1. The summed E-state index contributed by atoms with van der Waals surface area (Å²) in [4.78, 5) is 10.4. The number of nitrogens with zero attached hydrogens (tertiary/aromatic N) is 2. The molecule has 17 heavy (non-hydrogen) atoms. The minimum atomic E-state index is -0.472. The van der Waals surface area contributed by atoms with Gasteiger partial charge in [0.1, 0.15) is 11.4 Å². The minimum absolute atomic E-state index is 0.0574. The fourth-order valence-electron chi connectivity index (χ4n) is 1.19. The van der Waals surface area contributed by atoms with Crippen LogP contribution in [0.25, 0.3) is 0 Å². The molecule has 6 nitrogen and oxygen atoms in total. The molecule has 0 bridgehead atoms. The predicted molar refractivity (Wildman–Crippen MR) is 66.7 cm³/mol. The van der Waals surface area contributed by atoms with Crippen LogP contribution in [0.5, 0.6) is 5.75 Å². The molecule has 0 unspecified atom stereocenters. The third kappa shape index (κ3) is 3.75. The number of nitrogens with one attached hydrogen (secondary N) is 1. The molecule has 1 aromatic rings. The van der Waals surface area contributed by atoms with Crippen LogP contribution in [0, 0.1) is 10.1 Å². The average Bonchev–Trinajstić information content (AvgIpc) is 2.34. The maximum Gasteiger partial charge on any atom is 0.297 e. The molecule has 0 radical (unpaired) electrons. The Morgan fingerprint density at radius 1 is 1.59 bits per heavy atom. The van der Waals surface area contributed by atoms with Gasteiger partial charge in [-0.15, -0.1) is 0 Å². The average molecular weight is 237 g/mol. The van der Waals surface area contributed by atoms with Crippen molar-refractivity contribution in [3.05, 3.63) is 28.3 Å². The van der Waals surface area contributed by atoms with E-state index < -0.39 is 4.92 Å². The molecule has 6 heteroatoms. The first-order valence-corrected chi connectivity index (χ1v) is 5.29. The Morgan fingerprint density at radius 3 is 2.94 bits per heavy atom. The van der Waals surface area contributed by atoms with E-state index in [1.807, 2.05) is 6.92 Å². The van der Waals surface area contributed by atoms with Crippen molar-refractivity contribution in [1.82, 2.24) is 0 Å². The molecular formula is C11H15N3O3. The molecule has 0 atom stereocenters. The molecule has 92 valence electrons. The number of benzene rings is 1. The van der Waals surface area contributed by atoms with Gasteiger partial charge < -0.3 is 4.74 Å². The lowest BCUT2D eigenvalue weighted by Crippen LogP contribution is -1.97. The van der Waals surface area contributed by atoms with Crippen molar-refractivity contribution < 1.29 is 9.66 Å². The van der Waals surface area contributed by atoms with Gasteiger partial charge in [-0.2, -0.15) is 5.10 Å². The molecule has 0 aliphatic carbocycles. The zero-order chi connectivity index (χ0) is 12.7. The molecule has 0 heterocycles. The molecule has 0 spiro atoms. The molecular weight excluding hydrogens is 222 g/mol. The second kappa shape index (κ2) is 6.47. The lowest BCUT2D eigenvalue weighted by atomic mass is 10.2. The van der Waals surface area contributed by atoms with Crippen LogP contribution in [0.2, 0.25) is 0 Å². The first-order chi connectivity index (χ1) is 8.19. The van der Waals surface area contributed by atoms with Crippen molar-refractivity contribution in [2.75, 3.05) is 12.5 Å². The van der Waals surface area contributed by atoms with E-state index in [9.17, 15) is 10.1 Å². The topological polar surface area (TPSA) is 76.8 Å². The summed E-state index contributed by atoms with van der Waals surface area (Å²) in [6, 6.07) is 4.57. The zero-order valence-electron chi connectivity index (χ0n) is 9.84. The first kappa shape index (κ1) is 13.0. The number of unbranched alkanes of at least 4 members (excludes halogenated alkanes) is 1. The molecule has 0 saturated heterocycles.